The van der Waals surface area contributed by atoms with Crippen molar-refractivity contribution in [2.75, 3.05) is 5.32 Å². The molecule has 1 N–H and O–H groups in total. The summed E-state index contributed by atoms with van der Waals surface area (Å²) >= 11 is 6.16. The summed E-state index contributed by atoms with van der Waals surface area (Å²) in [7, 11) is 0. The van der Waals surface area contributed by atoms with Crippen molar-refractivity contribution in [1.82, 2.24) is 4.98 Å². The minimum absolute atomic E-state index is 0.255. The number of benzene rings is 3. The van der Waals surface area contributed by atoms with E-state index in [4.69, 9.17) is 16.0 Å². The first-order chi connectivity index (χ1) is 13.6. The fraction of sp³-hybridized carbons (Fsp3) is 0.0435. The van der Waals surface area contributed by atoms with Crippen molar-refractivity contribution in [1.29, 1.82) is 0 Å². The Balaban J connectivity index is 1.64. The summed E-state index contributed by atoms with van der Waals surface area (Å²) in [5, 5.41) is 3.49. The van der Waals surface area contributed by atoms with Gasteiger partial charge in [-0.2, -0.15) is 0 Å². The SMILES string of the molecule is Cc1ccc(NC(=O)c2ccccc2-c2ncc(-c3ccccc3)o2)cc1Cl. The van der Waals surface area contributed by atoms with Gasteiger partial charge in [-0.25, -0.2) is 4.98 Å². The van der Waals surface area contributed by atoms with Gasteiger partial charge in [-0.3, -0.25) is 4.79 Å². The molecule has 0 spiro atoms. The molecule has 1 heterocycles. The van der Waals surface area contributed by atoms with Gasteiger partial charge in [-0.15, -0.1) is 0 Å². The zero-order chi connectivity index (χ0) is 19.5. The van der Waals surface area contributed by atoms with Crippen LogP contribution in [0.2, 0.25) is 5.02 Å². The third-order valence-electron chi connectivity index (χ3n) is 4.40. The molecule has 3 aromatic carbocycles. The minimum Gasteiger partial charge on any atom is -0.436 e. The van der Waals surface area contributed by atoms with Crippen molar-refractivity contribution in [3.05, 3.63) is 95.1 Å². The van der Waals surface area contributed by atoms with Crippen LogP contribution >= 0.6 is 11.6 Å². The van der Waals surface area contributed by atoms with Crippen LogP contribution in [0.4, 0.5) is 5.69 Å². The van der Waals surface area contributed by atoms with E-state index in [0.29, 0.717) is 33.5 Å². The third-order valence-corrected chi connectivity index (χ3v) is 4.80. The van der Waals surface area contributed by atoms with E-state index in [9.17, 15) is 4.79 Å². The van der Waals surface area contributed by atoms with E-state index >= 15 is 0 Å². The molecule has 0 radical (unpaired) electrons. The molecule has 4 aromatic rings. The lowest BCUT2D eigenvalue weighted by atomic mass is 10.1. The Labute approximate surface area is 167 Å². The topological polar surface area (TPSA) is 55.1 Å². The van der Waals surface area contributed by atoms with Gasteiger partial charge in [0.1, 0.15) is 0 Å². The summed E-state index contributed by atoms with van der Waals surface area (Å²) in [6.07, 6.45) is 1.67. The fourth-order valence-corrected chi connectivity index (χ4v) is 3.05. The molecule has 0 aliphatic carbocycles. The largest absolute Gasteiger partial charge is 0.436 e. The lowest BCUT2D eigenvalue weighted by Gasteiger charge is -2.09. The Morgan fingerprint density at radius 1 is 1.00 bits per heavy atom. The summed E-state index contributed by atoms with van der Waals surface area (Å²) in [4.78, 5) is 17.2. The molecule has 0 fully saturated rings. The predicted molar refractivity (Wildman–Crippen MR) is 112 cm³/mol. The molecule has 4 rings (SSSR count). The van der Waals surface area contributed by atoms with E-state index in [1.807, 2.05) is 67.6 Å². The van der Waals surface area contributed by atoms with Crippen molar-refractivity contribution in [2.45, 2.75) is 6.92 Å². The molecule has 0 saturated heterocycles. The monoisotopic (exact) mass is 388 g/mol. The predicted octanol–water partition coefficient (Wildman–Crippen LogP) is 6.22. The van der Waals surface area contributed by atoms with Gasteiger partial charge in [0.15, 0.2) is 5.76 Å². The molecule has 0 bridgehead atoms. The average molecular weight is 389 g/mol. The van der Waals surface area contributed by atoms with Gasteiger partial charge in [-0.1, -0.05) is 60.1 Å². The van der Waals surface area contributed by atoms with Crippen LogP contribution in [-0.2, 0) is 0 Å². The molecular weight excluding hydrogens is 372 g/mol. The Bertz CT molecular complexity index is 1140. The number of hydrogen-bond acceptors (Lipinski definition) is 3. The number of rotatable bonds is 4. The summed E-state index contributed by atoms with van der Waals surface area (Å²) in [6, 6.07) is 22.3. The maximum absolute atomic E-state index is 12.9. The van der Waals surface area contributed by atoms with Crippen LogP contribution in [0.15, 0.2) is 83.4 Å². The third kappa shape index (κ3) is 3.68. The van der Waals surface area contributed by atoms with Gasteiger partial charge in [0.2, 0.25) is 5.89 Å². The lowest BCUT2D eigenvalue weighted by Crippen LogP contribution is -2.13. The number of anilines is 1. The van der Waals surface area contributed by atoms with E-state index in [1.165, 1.54) is 0 Å². The summed E-state index contributed by atoms with van der Waals surface area (Å²) in [6.45, 7) is 1.91. The smallest absolute Gasteiger partial charge is 0.256 e. The zero-order valence-electron chi connectivity index (χ0n) is 15.1. The molecule has 0 atom stereocenters. The molecule has 28 heavy (non-hydrogen) atoms. The Morgan fingerprint density at radius 3 is 2.54 bits per heavy atom. The van der Waals surface area contributed by atoms with E-state index in [-0.39, 0.29) is 5.91 Å². The fourth-order valence-electron chi connectivity index (χ4n) is 2.87. The number of oxazole rings is 1. The molecule has 1 amide bonds. The highest BCUT2D eigenvalue weighted by Gasteiger charge is 2.17. The number of carbonyl (C=O) groups is 1. The second kappa shape index (κ2) is 7.71. The normalized spacial score (nSPS) is 10.6. The van der Waals surface area contributed by atoms with Crippen LogP contribution in [-0.4, -0.2) is 10.9 Å². The second-order valence-corrected chi connectivity index (χ2v) is 6.77. The first-order valence-corrected chi connectivity index (χ1v) is 9.18. The van der Waals surface area contributed by atoms with E-state index < -0.39 is 0 Å². The number of halogens is 1. The van der Waals surface area contributed by atoms with Gasteiger partial charge in [0, 0.05) is 21.8 Å². The quantitative estimate of drug-likeness (QED) is 0.451. The molecule has 0 aliphatic rings. The van der Waals surface area contributed by atoms with Crippen LogP contribution in [0.5, 0.6) is 0 Å². The highest BCUT2D eigenvalue weighted by molar-refractivity contribution is 6.31. The Morgan fingerprint density at radius 2 is 1.75 bits per heavy atom. The number of aryl methyl sites for hydroxylation is 1. The lowest BCUT2D eigenvalue weighted by molar-refractivity contribution is 0.102. The number of nitrogens with zero attached hydrogens (tertiary/aromatic N) is 1. The van der Waals surface area contributed by atoms with Crippen molar-refractivity contribution in [3.8, 4) is 22.8 Å². The zero-order valence-corrected chi connectivity index (χ0v) is 15.9. The van der Waals surface area contributed by atoms with Crippen molar-refractivity contribution < 1.29 is 9.21 Å². The summed E-state index contributed by atoms with van der Waals surface area (Å²) in [5.41, 5.74) is 3.61. The maximum Gasteiger partial charge on any atom is 0.256 e. The molecule has 0 unspecified atom stereocenters. The average Bonchev–Trinajstić information content (AvgIpc) is 3.21. The van der Waals surface area contributed by atoms with Crippen LogP contribution < -0.4 is 5.32 Å². The van der Waals surface area contributed by atoms with Crippen LogP contribution in [0, 0.1) is 6.92 Å². The van der Waals surface area contributed by atoms with Crippen molar-refractivity contribution in [3.63, 3.8) is 0 Å². The first kappa shape index (κ1) is 18.0. The highest BCUT2D eigenvalue weighted by atomic mass is 35.5. The van der Waals surface area contributed by atoms with Crippen molar-refractivity contribution >= 4 is 23.2 Å². The summed E-state index contributed by atoms with van der Waals surface area (Å²) in [5.74, 6) is 0.789. The molecule has 5 heteroatoms. The van der Waals surface area contributed by atoms with Gasteiger partial charge >= 0.3 is 0 Å². The number of aromatic nitrogens is 1. The van der Waals surface area contributed by atoms with Gasteiger partial charge < -0.3 is 9.73 Å². The standard InChI is InChI=1S/C23H17ClN2O2/c1-15-11-12-17(13-20(15)24)26-22(27)18-9-5-6-10-19(18)23-25-14-21(28-23)16-7-3-2-4-8-16/h2-14H,1H3,(H,26,27). The van der Waals surface area contributed by atoms with Gasteiger partial charge in [0.25, 0.3) is 5.91 Å². The van der Waals surface area contributed by atoms with Gasteiger partial charge in [0.05, 0.1) is 11.8 Å². The maximum atomic E-state index is 12.9. The number of amides is 1. The molecule has 0 saturated carbocycles. The molecular formula is C23H17ClN2O2. The van der Waals surface area contributed by atoms with Crippen molar-refractivity contribution in [2.24, 2.45) is 0 Å². The first-order valence-electron chi connectivity index (χ1n) is 8.80. The van der Waals surface area contributed by atoms with Crippen LogP contribution in [0.3, 0.4) is 0 Å². The Hall–Kier alpha value is -3.37. The van der Waals surface area contributed by atoms with E-state index in [0.717, 1.165) is 11.1 Å². The number of hydrogen-bond donors (Lipinski definition) is 1. The highest BCUT2D eigenvalue weighted by Crippen LogP contribution is 2.29. The van der Waals surface area contributed by atoms with Crippen LogP contribution in [0.25, 0.3) is 22.8 Å². The number of nitrogens with one attached hydrogen (secondary N) is 1. The molecule has 4 nitrogen and oxygen atoms in total. The van der Waals surface area contributed by atoms with E-state index in [1.54, 1.807) is 18.3 Å². The van der Waals surface area contributed by atoms with Gasteiger partial charge in [-0.05, 0) is 36.8 Å². The molecule has 138 valence electrons. The Kier molecular flexibility index (Phi) is 4.96. The second-order valence-electron chi connectivity index (χ2n) is 6.36. The summed E-state index contributed by atoms with van der Waals surface area (Å²) < 4.78 is 5.92. The number of carbonyl (C=O) groups excluding carboxylic acids is 1. The molecule has 1 aromatic heterocycles. The minimum atomic E-state index is -0.255. The molecule has 0 aliphatic heterocycles. The van der Waals surface area contributed by atoms with Crippen LogP contribution in [0.1, 0.15) is 15.9 Å². The van der Waals surface area contributed by atoms with E-state index in [2.05, 4.69) is 10.3 Å².